The van der Waals surface area contributed by atoms with E-state index in [1.165, 1.54) is 18.2 Å². The Balaban J connectivity index is 2.06. The van der Waals surface area contributed by atoms with E-state index in [-0.39, 0.29) is 16.9 Å². The molecule has 2 aromatic carbocycles. The zero-order chi connectivity index (χ0) is 16.4. The summed E-state index contributed by atoms with van der Waals surface area (Å²) in [4.78, 5) is 25.1. The molecule has 0 atom stereocenters. The van der Waals surface area contributed by atoms with E-state index in [1.54, 1.807) is 13.0 Å². The highest BCUT2D eigenvalue weighted by Gasteiger charge is 2.09. The van der Waals surface area contributed by atoms with Crippen molar-refractivity contribution in [2.45, 2.75) is 6.92 Å². The number of pyridine rings is 1. The van der Waals surface area contributed by atoms with Gasteiger partial charge in [-0.2, -0.15) is 5.11 Å². The fraction of sp³-hybridized carbons (Fsp3) is 0.0625. The Labute approximate surface area is 130 Å². The Morgan fingerprint density at radius 2 is 1.87 bits per heavy atom. The lowest BCUT2D eigenvalue weighted by Gasteiger charge is -2.04. The molecule has 0 saturated heterocycles. The van der Waals surface area contributed by atoms with Crippen LogP contribution in [0.4, 0.5) is 17.1 Å². The molecule has 0 radical (unpaired) electrons. The zero-order valence-corrected chi connectivity index (χ0v) is 12.2. The Kier molecular flexibility index (Phi) is 3.68. The van der Waals surface area contributed by atoms with Crippen molar-refractivity contribution >= 4 is 28.0 Å². The Morgan fingerprint density at radius 3 is 2.65 bits per heavy atom. The van der Waals surface area contributed by atoms with Gasteiger partial charge in [-0.1, -0.05) is 24.3 Å². The molecule has 0 amide bonds. The lowest BCUT2D eigenvalue weighted by molar-refractivity contribution is -0.384. The number of nitro groups is 1. The van der Waals surface area contributed by atoms with Gasteiger partial charge >= 0.3 is 0 Å². The van der Waals surface area contributed by atoms with Crippen LogP contribution < -0.4 is 5.56 Å². The third-order valence-electron chi connectivity index (χ3n) is 3.46. The Bertz CT molecular complexity index is 992. The van der Waals surface area contributed by atoms with E-state index < -0.39 is 4.92 Å². The monoisotopic (exact) mass is 308 g/mol. The molecule has 7 heteroatoms. The standard InChI is InChI=1S/C16H12N4O3/c1-10-13-7-2-3-8-14(13)17-16(21)15(10)19-18-11-5-4-6-12(9-11)20(22)23/h2-9H,1H3,(H,17,21). The number of aromatic amines is 1. The lowest BCUT2D eigenvalue weighted by atomic mass is 10.1. The second kappa shape index (κ2) is 5.80. The number of azo groups is 1. The molecule has 23 heavy (non-hydrogen) atoms. The highest BCUT2D eigenvalue weighted by atomic mass is 16.6. The highest BCUT2D eigenvalue weighted by Crippen LogP contribution is 2.25. The summed E-state index contributed by atoms with van der Waals surface area (Å²) in [5.74, 6) is 0. The molecule has 1 aromatic heterocycles. The summed E-state index contributed by atoms with van der Waals surface area (Å²) in [5.41, 5.74) is 1.50. The quantitative estimate of drug-likeness (QED) is 0.446. The van der Waals surface area contributed by atoms with Crippen LogP contribution in [0.1, 0.15) is 5.56 Å². The second-order valence-electron chi connectivity index (χ2n) is 4.95. The largest absolute Gasteiger partial charge is 0.320 e. The van der Waals surface area contributed by atoms with Crippen molar-refractivity contribution in [1.29, 1.82) is 0 Å². The number of fused-ring (bicyclic) bond motifs is 1. The molecule has 1 heterocycles. The molecular formula is C16H12N4O3. The van der Waals surface area contributed by atoms with Crippen molar-refractivity contribution in [2.75, 3.05) is 0 Å². The van der Waals surface area contributed by atoms with Gasteiger partial charge in [0.1, 0.15) is 0 Å². The van der Waals surface area contributed by atoms with Gasteiger partial charge in [0.2, 0.25) is 0 Å². The number of aromatic nitrogens is 1. The van der Waals surface area contributed by atoms with Gasteiger partial charge in [-0.25, -0.2) is 0 Å². The summed E-state index contributed by atoms with van der Waals surface area (Å²) in [6, 6.07) is 13.2. The first-order valence-corrected chi connectivity index (χ1v) is 6.84. The van der Waals surface area contributed by atoms with E-state index in [1.807, 2.05) is 24.3 Å². The number of nitro benzene ring substituents is 1. The minimum atomic E-state index is -0.507. The third kappa shape index (κ3) is 2.84. The molecule has 0 saturated carbocycles. The average molecular weight is 308 g/mol. The van der Waals surface area contributed by atoms with Gasteiger partial charge < -0.3 is 4.98 Å². The maximum Gasteiger partial charge on any atom is 0.276 e. The number of para-hydroxylation sites is 1. The van der Waals surface area contributed by atoms with E-state index in [2.05, 4.69) is 15.2 Å². The van der Waals surface area contributed by atoms with Gasteiger partial charge in [0.15, 0.2) is 5.69 Å². The molecule has 0 aliphatic carbocycles. The van der Waals surface area contributed by atoms with Gasteiger partial charge in [0.05, 0.1) is 10.6 Å². The third-order valence-corrected chi connectivity index (χ3v) is 3.46. The van der Waals surface area contributed by atoms with Crippen molar-refractivity contribution < 1.29 is 4.92 Å². The number of benzene rings is 2. The first-order chi connectivity index (χ1) is 11.1. The van der Waals surface area contributed by atoms with E-state index in [0.29, 0.717) is 11.3 Å². The van der Waals surface area contributed by atoms with Crippen LogP contribution in [0.2, 0.25) is 0 Å². The smallest absolute Gasteiger partial charge is 0.276 e. The predicted octanol–water partition coefficient (Wildman–Crippen LogP) is 4.16. The van der Waals surface area contributed by atoms with Crippen LogP contribution in [-0.2, 0) is 0 Å². The minimum absolute atomic E-state index is 0.0782. The number of hydrogen-bond donors (Lipinski definition) is 1. The number of hydrogen-bond acceptors (Lipinski definition) is 5. The molecule has 1 N–H and O–H groups in total. The van der Waals surface area contributed by atoms with Crippen molar-refractivity contribution in [2.24, 2.45) is 10.2 Å². The lowest BCUT2D eigenvalue weighted by Crippen LogP contribution is -2.06. The van der Waals surface area contributed by atoms with Crippen LogP contribution in [0.15, 0.2) is 63.6 Å². The van der Waals surface area contributed by atoms with Crippen molar-refractivity contribution in [3.8, 4) is 0 Å². The number of non-ortho nitro benzene ring substituents is 1. The van der Waals surface area contributed by atoms with Gasteiger partial charge in [0, 0.05) is 23.0 Å². The number of nitrogens with one attached hydrogen (secondary N) is 1. The molecule has 114 valence electrons. The van der Waals surface area contributed by atoms with Crippen LogP contribution in [0, 0.1) is 17.0 Å². The molecule has 0 fully saturated rings. The molecule has 7 nitrogen and oxygen atoms in total. The fourth-order valence-electron chi connectivity index (χ4n) is 2.30. The predicted molar refractivity (Wildman–Crippen MR) is 86.6 cm³/mol. The molecule has 0 spiro atoms. The molecule has 0 unspecified atom stereocenters. The molecular weight excluding hydrogens is 296 g/mol. The van der Waals surface area contributed by atoms with E-state index in [0.717, 1.165) is 10.9 Å². The second-order valence-corrected chi connectivity index (χ2v) is 4.95. The van der Waals surface area contributed by atoms with Gasteiger partial charge in [-0.3, -0.25) is 14.9 Å². The van der Waals surface area contributed by atoms with Crippen LogP contribution in [-0.4, -0.2) is 9.91 Å². The summed E-state index contributed by atoms with van der Waals surface area (Å²) in [6.45, 7) is 1.79. The molecule has 0 aliphatic rings. The number of nitrogens with zero attached hydrogens (tertiary/aromatic N) is 3. The zero-order valence-electron chi connectivity index (χ0n) is 12.2. The molecule has 3 rings (SSSR count). The first kappa shape index (κ1) is 14.6. The van der Waals surface area contributed by atoms with Gasteiger partial charge in [-0.05, 0) is 24.6 Å². The number of aryl methyl sites for hydroxylation is 1. The van der Waals surface area contributed by atoms with Crippen molar-refractivity contribution in [1.82, 2.24) is 4.98 Å². The van der Waals surface area contributed by atoms with Crippen LogP contribution >= 0.6 is 0 Å². The van der Waals surface area contributed by atoms with Crippen LogP contribution in [0.3, 0.4) is 0 Å². The summed E-state index contributed by atoms with van der Waals surface area (Å²) >= 11 is 0. The van der Waals surface area contributed by atoms with Gasteiger partial charge in [-0.15, -0.1) is 5.11 Å². The molecule has 0 aliphatic heterocycles. The molecule has 0 bridgehead atoms. The van der Waals surface area contributed by atoms with Crippen molar-refractivity contribution in [3.63, 3.8) is 0 Å². The molecule has 3 aromatic rings. The maximum absolute atomic E-state index is 12.1. The fourth-order valence-corrected chi connectivity index (χ4v) is 2.30. The Morgan fingerprint density at radius 1 is 1.09 bits per heavy atom. The van der Waals surface area contributed by atoms with E-state index in [9.17, 15) is 14.9 Å². The minimum Gasteiger partial charge on any atom is -0.320 e. The summed E-state index contributed by atoms with van der Waals surface area (Å²) in [7, 11) is 0. The highest BCUT2D eigenvalue weighted by molar-refractivity contribution is 5.85. The summed E-state index contributed by atoms with van der Waals surface area (Å²) < 4.78 is 0. The van der Waals surface area contributed by atoms with Crippen LogP contribution in [0.25, 0.3) is 10.9 Å². The topological polar surface area (TPSA) is 101 Å². The van der Waals surface area contributed by atoms with E-state index >= 15 is 0 Å². The van der Waals surface area contributed by atoms with Crippen molar-refractivity contribution in [3.05, 3.63) is 74.6 Å². The van der Waals surface area contributed by atoms with Crippen LogP contribution in [0.5, 0.6) is 0 Å². The summed E-state index contributed by atoms with van der Waals surface area (Å²) in [6.07, 6.45) is 0. The number of H-pyrrole nitrogens is 1. The Hall–Kier alpha value is -3.35. The summed E-state index contributed by atoms with van der Waals surface area (Å²) in [5, 5.41) is 19.6. The SMILES string of the molecule is Cc1c(N=Nc2cccc([N+](=O)[O-])c2)c(=O)[nH]c2ccccc12. The maximum atomic E-state index is 12.1. The van der Waals surface area contributed by atoms with E-state index in [4.69, 9.17) is 0 Å². The average Bonchev–Trinajstić information content (AvgIpc) is 2.55. The van der Waals surface area contributed by atoms with Gasteiger partial charge in [0.25, 0.3) is 11.2 Å². The number of rotatable bonds is 3. The first-order valence-electron chi connectivity index (χ1n) is 6.84. The normalized spacial score (nSPS) is 11.2.